The van der Waals surface area contributed by atoms with Gasteiger partial charge in [0.1, 0.15) is 0 Å². The number of hydrogen-bond donors (Lipinski definition) is 1. The fourth-order valence-corrected chi connectivity index (χ4v) is 2.75. The molecule has 21 heavy (non-hydrogen) atoms. The van der Waals surface area contributed by atoms with Gasteiger partial charge in [0.05, 0.1) is 11.6 Å². The summed E-state index contributed by atoms with van der Waals surface area (Å²) < 4.78 is 0. The van der Waals surface area contributed by atoms with Crippen molar-refractivity contribution in [2.45, 2.75) is 26.2 Å². The van der Waals surface area contributed by atoms with Gasteiger partial charge in [-0.05, 0) is 37.0 Å². The van der Waals surface area contributed by atoms with Crippen molar-refractivity contribution < 1.29 is 9.90 Å². The molecule has 2 rings (SSSR count). The van der Waals surface area contributed by atoms with Gasteiger partial charge in [-0.15, -0.1) is 0 Å². The molecule has 0 radical (unpaired) electrons. The number of carbonyl (C=O) groups is 1. The lowest BCUT2D eigenvalue weighted by Crippen LogP contribution is -2.39. The van der Waals surface area contributed by atoms with Crippen molar-refractivity contribution in [3.63, 3.8) is 0 Å². The Kier molecular flexibility index (Phi) is 5.67. The summed E-state index contributed by atoms with van der Waals surface area (Å²) in [6, 6.07) is 5.23. The molecular formula is C17H20ClNO2. The molecule has 1 heterocycles. The van der Waals surface area contributed by atoms with Gasteiger partial charge in [0.25, 0.3) is 5.91 Å². The number of halogens is 1. The van der Waals surface area contributed by atoms with Crippen LogP contribution in [-0.2, 0) is 0 Å². The Bertz CT molecular complexity index is 574. The maximum Gasteiger partial charge on any atom is 0.253 e. The van der Waals surface area contributed by atoms with E-state index in [-0.39, 0.29) is 12.5 Å². The second-order valence-electron chi connectivity index (χ2n) is 5.47. The third kappa shape index (κ3) is 4.23. The van der Waals surface area contributed by atoms with E-state index in [1.807, 2.05) is 4.90 Å². The first-order chi connectivity index (χ1) is 10.1. The summed E-state index contributed by atoms with van der Waals surface area (Å²) in [6.45, 7) is 3.84. The number of likely N-dealkylation sites (tertiary alicyclic amines) is 1. The lowest BCUT2D eigenvalue weighted by Gasteiger charge is -2.31. The highest BCUT2D eigenvalue weighted by atomic mass is 35.5. The number of aliphatic hydroxyl groups is 1. The SMILES string of the molecule is CC1CCCN(C(=O)c2ccc(C#CCCO)c(Cl)c2)C1. The minimum absolute atomic E-state index is 0.0360. The number of piperidine rings is 1. The van der Waals surface area contributed by atoms with Gasteiger partial charge < -0.3 is 10.0 Å². The fourth-order valence-electron chi connectivity index (χ4n) is 2.52. The summed E-state index contributed by atoms with van der Waals surface area (Å²) in [7, 11) is 0. The average molecular weight is 306 g/mol. The van der Waals surface area contributed by atoms with E-state index in [0.717, 1.165) is 19.5 Å². The lowest BCUT2D eigenvalue weighted by atomic mass is 9.99. The van der Waals surface area contributed by atoms with Crippen LogP contribution in [0.1, 0.15) is 42.1 Å². The van der Waals surface area contributed by atoms with Crippen LogP contribution in [0.15, 0.2) is 18.2 Å². The second kappa shape index (κ2) is 7.49. The molecule has 112 valence electrons. The third-order valence-electron chi connectivity index (χ3n) is 3.62. The van der Waals surface area contributed by atoms with Gasteiger partial charge in [0, 0.05) is 30.6 Å². The van der Waals surface area contributed by atoms with Crippen molar-refractivity contribution in [3.8, 4) is 11.8 Å². The highest BCUT2D eigenvalue weighted by molar-refractivity contribution is 6.32. The van der Waals surface area contributed by atoms with E-state index in [4.69, 9.17) is 16.7 Å². The first kappa shape index (κ1) is 15.9. The summed E-state index contributed by atoms with van der Waals surface area (Å²) >= 11 is 6.18. The number of carbonyl (C=O) groups excluding carboxylic acids is 1. The summed E-state index contributed by atoms with van der Waals surface area (Å²) in [5, 5.41) is 9.19. The van der Waals surface area contributed by atoms with Crippen molar-refractivity contribution in [2.24, 2.45) is 5.92 Å². The highest BCUT2D eigenvalue weighted by Crippen LogP contribution is 2.21. The van der Waals surface area contributed by atoms with Crippen LogP contribution in [0.3, 0.4) is 0 Å². The van der Waals surface area contributed by atoms with Crippen molar-refractivity contribution in [3.05, 3.63) is 34.3 Å². The fraction of sp³-hybridized carbons (Fsp3) is 0.471. The number of amides is 1. The van der Waals surface area contributed by atoms with Crippen LogP contribution in [0.2, 0.25) is 5.02 Å². The van der Waals surface area contributed by atoms with Gasteiger partial charge in [-0.2, -0.15) is 0 Å². The minimum Gasteiger partial charge on any atom is -0.395 e. The molecule has 0 spiro atoms. The number of aliphatic hydroxyl groups excluding tert-OH is 1. The topological polar surface area (TPSA) is 40.5 Å². The number of hydrogen-bond acceptors (Lipinski definition) is 2. The molecule has 1 aromatic rings. The molecule has 1 N–H and O–H groups in total. The quantitative estimate of drug-likeness (QED) is 0.854. The van der Waals surface area contributed by atoms with Gasteiger partial charge in [-0.3, -0.25) is 4.79 Å². The van der Waals surface area contributed by atoms with Crippen LogP contribution in [0.25, 0.3) is 0 Å². The van der Waals surface area contributed by atoms with Gasteiger partial charge in [0.2, 0.25) is 0 Å². The normalized spacial score (nSPS) is 18.0. The van der Waals surface area contributed by atoms with E-state index in [9.17, 15) is 4.79 Å². The Hall–Kier alpha value is -1.50. The molecule has 1 atom stereocenters. The zero-order valence-corrected chi connectivity index (χ0v) is 13.0. The molecule has 1 saturated heterocycles. The summed E-state index contributed by atoms with van der Waals surface area (Å²) in [4.78, 5) is 14.4. The molecule has 1 aliphatic heterocycles. The molecule has 0 aliphatic carbocycles. The Balaban J connectivity index is 2.12. The maximum absolute atomic E-state index is 12.5. The zero-order valence-electron chi connectivity index (χ0n) is 12.2. The predicted octanol–water partition coefficient (Wildman–Crippen LogP) is 2.95. The van der Waals surface area contributed by atoms with Crippen LogP contribution < -0.4 is 0 Å². The first-order valence-corrected chi connectivity index (χ1v) is 7.68. The standard InChI is InChI=1S/C17H20ClNO2/c1-13-5-4-9-19(12-13)17(21)15-8-7-14(16(18)11-15)6-2-3-10-20/h7-8,11,13,20H,3-5,9-10,12H2,1H3. The van der Waals surface area contributed by atoms with Gasteiger partial charge >= 0.3 is 0 Å². The number of benzene rings is 1. The number of rotatable bonds is 2. The summed E-state index contributed by atoms with van der Waals surface area (Å²) in [6.07, 6.45) is 2.66. The maximum atomic E-state index is 12.5. The van der Waals surface area contributed by atoms with Crippen LogP contribution in [0.4, 0.5) is 0 Å². The molecule has 0 bridgehead atoms. The monoisotopic (exact) mass is 305 g/mol. The Morgan fingerprint density at radius 3 is 3.00 bits per heavy atom. The molecule has 1 unspecified atom stereocenters. The lowest BCUT2D eigenvalue weighted by molar-refractivity contribution is 0.0683. The van der Waals surface area contributed by atoms with E-state index in [1.54, 1.807) is 18.2 Å². The molecule has 1 amide bonds. The molecule has 1 aromatic carbocycles. The number of nitrogens with zero attached hydrogens (tertiary/aromatic N) is 1. The largest absolute Gasteiger partial charge is 0.395 e. The van der Waals surface area contributed by atoms with Crippen molar-refractivity contribution in [1.29, 1.82) is 0 Å². The van der Waals surface area contributed by atoms with Crippen LogP contribution in [-0.4, -0.2) is 35.6 Å². The van der Waals surface area contributed by atoms with Gasteiger partial charge in [-0.1, -0.05) is 30.4 Å². The first-order valence-electron chi connectivity index (χ1n) is 7.30. The third-order valence-corrected chi connectivity index (χ3v) is 3.93. The molecule has 1 aliphatic rings. The van der Waals surface area contributed by atoms with Crippen LogP contribution in [0, 0.1) is 17.8 Å². The highest BCUT2D eigenvalue weighted by Gasteiger charge is 2.22. The molecule has 4 heteroatoms. The Labute approximate surface area is 130 Å². The molecule has 1 fully saturated rings. The van der Waals surface area contributed by atoms with Crippen molar-refractivity contribution in [2.75, 3.05) is 19.7 Å². The van der Waals surface area contributed by atoms with E-state index in [0.29, 0.717) is 28.5 Å². The predicted molar refractivity (Wildman–Crippen MR) is 84.3 cm³/mol. The molecule has 3 nitrogen and oxygen atoms in total. The Morgan fingerprint density at radius 2 is 2.33 bits per heavy atom. The van der Waals surface area contributed by atoms with E-state index >= 15 is 0 Å². The second-order valence-corrected chi connectivity index (χ2v) is 5.88. The minimum atomic E-state index is 0.0360. The van der Waals surface area contributed by atoms with Gasteiger partial charge in [0.15, 0.2) is 0 Å². The molecule has 0 saturated carbocycles. The van der Waals surface area contributed by atoms with Crippen molar-refractivity contribution >= 4 is 17.5 Å². The van der Waals surface area contributed by atoms with E-state index < -0.39 is 0 Å². The van der Waals surface area contributed by atoms with Crippen molar-refractivity contribution in [1.82, 2.24) is 4.90 Å². The van der Waals surface area contributed by atoms with E-state index in [2.05, 4.69) is 18.8 Å². The molecule has 0 aromatic heterocycles. The smallest absolute Gasteiger partial charge is 0.253 e. The van der Waals surface area contributed by atoms with Crippen LogP contribution in [0.5, 0.6) is 0 Å². The van der Waals surface area contributed by atoms with Crippen LogP contribution >= 0.6 is 11.6 Å². The summed E-state index contributed by atoms with van der Waals surface area (Å²) in [5.41, 5.74) is 1.30. The molecular weight excluding hydrogens is 286 g/mol. The van der Waals surface area contributed by atoms with E-state index in [1.165, 1.54) is 6.42 Å². The Morgan fingerprint density at radius 1 is 1.52 bits per heavy atom. The van der Waals surface area contributed by atoms with Gasteiger partial charge in [-0.25, -0.2) is 0 Å². The summed E-state index contributed by atoms with van der Waals surface area (Å²) in [5.74, 6) is 6.33. The average Bonchev–Trinajstić information content (AvgIpc) is 2.48. The zero-order chi connectivity index (χ0) is 15.2.